The van der Waals surface area contributed by atoms with Crippen LogP contribution >= 0.6 is 11.6 Å². The number of methoxy groups -OCH3 is 1. The number of carboxylic acids is 1. The third-order valence-electron chi connectivity index (χ3n) is 1.72. The van der Waals surface area contributed by atoms with Gasteiger partial charge in [0.25, 0.3) is 0 Å². The summed E-state index contributed by atoms with van der Waals surface area (Å²) in [5.74, 6) is -1.07. The van der Waals surface area contributed by atoms with Gasteiger partial charge in [-0.25, -0.2) is 4.79 Å². The summed E-state index contributed by atoms with van der Waals surface area (Å²) in [7, 11) is 1.38. The molecule has 4 nitrogen and oxygen atoms in total. The minimum absolute atomic E-state index is 0.185. The van der Waals surface area contributed by atoms with Crippen LogP contribution < -0.4 is 4.74 Å². The lowest BCUT2D eigenvalue weighted by Gasteiger charge is -2.11. The molecule has 0 aromatic heterocycles. The van der Waals surface area contributed by atoms with Crippen molar-refractivity contribution >= 4 is 17.6 Å². The maximum absolute atomic E-state index is 10.5. The largest absolute Gasteiger partial charge is 0.496 e. The fourth-order valence-electron chi connectivity index (χ4n) is 1.04. The standard InChI is InChI=1S/C9H9ClO4/c1-14-7-4-5(10)2-3-6(7)8(11)9(12)13/h2-4,8,11H,1H3,(H,12,13). The number of aliphatic carboxylic acids is 1. The summed E-state index contributed by atoms with van der Waals surface area (Å²) >= 11 is 5.67. The van der Waals surface area contributed by atoms with E-state index in [2.05, 4.69) is 0 Å². The van der Waals surface area contributed by atoms with E-state index >= 15 is 0 Å². The first-order valence-electron chi connectivity index (χ1n) is 3.80. The van der Waals surface area contributed by atoms with Gasteiger partial charge in [0, 0.05) is 10.6 Å². The number of rotatable bonds is 3. The van der Waals surface area contributed by atoms with Gasteiger partial charge in [-0.3, -0.25) is 0 Å². The minimum Gasteiger partial charge on any atom is -0.496 e. The number of ether oxygens (including phenoxy) is 1. The van der Waals surface area contributed by atoms with Crippen LogP contribution in [0.2, 0.25) is 5.02 Å². The molecule has 2 N–H and O–H groups in total. The quantitative estimate of drug-likeness (QED) is 0.803. The molecule has 1 aromatic carbocycles. The average Bonchev–Trinajstić information content (AvgIpc) is 2.16. The predicted molar refractivity (Wildman–Crippen MR) is 50.6 cm³/mol. The van der Waals surface area contributed by atoms with Crippen molar-refractivity contribution in [2.75, 3.05) is 7.11 Å². The molecule has 0 spiro atoms. The Morgan fingerprint density at radius 1 is 1.57 bits per heavy atom. The molecule has 0 saturated heterocycles. The minimum atomic E-state index is -1.60. The van der Waals surface area contributed by atoms with Crippen LogP contribution in [0.4, 0.5) is 0 Å². The lowest BCUT2D eigenvalue weighted by Crippen LogP contribution is -2.11. The third kappa shape index (κ3) is 2.16. The summed E-state index contributed by atoms with van der Waals surface area (Å²) in [5, 5.41) is 18.3. The molecule has 14 heavy (non-hydrogen) atoms. The van der Waals surface area contributed by atoms with E-state index in [1.54, 1.807) is 0 Å². The smallest absolute Gasteiger partial charge is 0.337 e. The second kappa shape index (κ2) is 4.30. The predicted octanol–water partition coefficient (Wildman–Crippen LogP) is 1.47. The highest BCUT2D eigenvalue weighted by Gasteiger charge is 2.20. The van der Waals surface area contributed by atoms with Crippen molar-refractivity contribution in [1.82, 2.24) is 0 Å². The summed E-state index contributed by atoms with van der Waals surface area (Å²) < 4.78 is 4.89. The number of benzene rings is 1. The molecule has 0 aliphatic carbocycles. The molecular formula is C9H9ClO4. The molecular weight excluding hydrogens is 208 g/mol. The molecule has 1 unspecified atom stereocenters. The average molecular weight is 217 g/mol. The van der Waals surface area contributed by atoms with Crippen molar-refractivity contribution in [2.45, 2.75) is 6.10 Å². The van der Waals surface area contributed by atoms with Crippen LogP contribution in [0.5, 0.6) is 5.75 Å². The molecule has 0 aliphatic rings. The van der Waals surface area contributed by atoms with Crippen molar-refractivity contribution in [3.63, 3.8) is 0 Å². The van der Waals surface area contributed by atoms with Gasteiger partial charge in [-0.1, -0.05) is 17.7 Å². The zero-order chi connectivity index (χ0) is 10.7. The zero-order valence-corrected chi connectivity index (χ0v) is 8.15. The molecule has 5 heteroatoms. The van der Waals surface area contributed by atoms with E-state index in [1.807, 2.05) is 0 Å². The van der Waals surface area contributed by atoms with Crippen molar-refractivity contribution in [3.05, 3.63) is 28.8 Å². The van der Waals surface area contributed by atoms with Gasteiger partial charge < -0.3 is 14.9 Å². The zero-order valence-electron chi connectivity index (χ0n) is 7.40. The first-order valence-corrected chi connectivity index (χ1v) is 4.18. The second-order valence-electron chi connectivity index (χ2n) is 2.63. The van der Waals surface area contributed by atoms with Gasteiger partial charge in [-0.15, -0.1) is 0 Å². The normalized spacial score (nSPS) is 12.2. The van der Waals surface area contributed by atoms with Gasteiger partial charge in [0.15, 0.2) is 6.10 Å². The lowest BCUT2D eigenvalue weighted by atomic mass is 10.1. The highest BCUT2D eigenvalue weighted by molar-refractivity contribution is 6.30. The Kier molecular flexibility index (Phi) is 3.33. The second-order valence-corrected chi connectivity index (χ2v) is 3.06. The van der Waals surface area contributed by atoms with Crippen LogP contribution in [0.15, 0.2) is 18.2 Å². The maximum atomic E-state index is 10.5. The molecule has 76 valence electrons. The highest BCUT2D eigenvalue weighted by Crippen LogP contribution is 2.28. The number of carboxylic acid groups (broad SMARTS) is 1. The SMILES string of the molecule is COc1cc(Cl)ccc1C(O)C(=O)O. The van der Waals surface area contributed by atoms with Crippen molar-refractivity contribution in [1.29, 1.82) is 0 Å². The van der Waals surface area contributed by atoms with Gasteiger partial charge in [-0.2, -0.15) is 0 Å². The number of carbonyl (C=O) groups is 1. The van der Waals surface area contributed by atoms with E-state index in [-0.39, 0.29) is 11.3 Å². The van der Waals surface area contributed by atoms with Gasteiger partial charge >= 0.3 is 5.97 Å². The number of halogens is 1. The summed E-state index contributed by atoms with van der Waals surface area (Å²) in [6.45, 7) is 0. The van der Waals surface area contributed by atoms with Crippen LogP contribution in [-0.4, -0.2) is 23.3 Å². The Hall–Kier alpha value is -1.26. The van der Waals surface area contributed by atoms with E-state index in [1.165, 1.54) is 25.3 Å². The van der Waals surface area contributed by atoms with Gasteiger partial charge in [0.05, 0.1) is 7.11 Å². The Labute approximate surface area is 85.7 Å². The van der Waals surface area contributed by atoms with Crippen LogP contribution in [0.3, 0.4) is 0 Å². The fraction of sp³-hybridized carbons (Fsp3) is 0.222. The first-order chi connectivity index (χ1) is 6.56. The number of aliphatic hydroxyl groups is 1. The summed E-state index contributed by atoms with van der Waals surface area (Å²) in [6, 6.07) is 4.36. The molecule has 0 fully saturated rings. The molecule has 0 amide bonds. The Balaban J connectivity index is 3.13. The molecule has 1 aromatic rings. The molecule has 0 aliphatic heterocycles. The van der Waals surface area contributed by atoms with Crippen molar-refractivity contribution in [2.24, 2.45) is 0 Å². The molecule has 1 atom stereocenters. The summed E-state index contributed by atoms with van der Waals surface area (Å²) in [4.78, 5) is 10.5. The number of hydrogen-bond acceptors (Lipinski definition) is 3. The first kappa shape index (κ1) is 10.8. The van der Waals surface area contributed by atoms with Crippen molar-refractivity contribution in [3.8, 4) is 5.75 Å². The van der Waals surface area contributed by atoms with E-state index in [9.17, 15) is 9.90 Å². The number of aliphatic hydroxyl groups excluding tert-OH is 1. The van der Waals surface area contributed by atoms with E-state index in [4.69, 9.17) is 21.4 Å². The maximum Gasteiger partial charge on any atom is 0.337 e. The van der Waals surface area contributed by atoms with Crippen LogP contribution in [0.25, 0.3) is 0 Å². The monoisotopic (exact) mass is 216 g/mol. The summed E-state index contributed by atoms with van der Waals surface area (Å²) in [5.41, 5.74) is 0.185. The van der Waals surface area contributed by atoms with Gasteiger partial charge in [0.1, 0.15) is 5.75 Å². The van der Waals surface area contributed by atoms with Gasteiger partial charge in [0.2, 0.25) is 0 Å². The summed E-state index contributed by atoms with van der Waals surface area (Å²) in [6.07, 6.45) is -1.60. The van der Waals surface area contributed by atoms with Gasteiger partial charge in [-0.05, 0) is 12.1 Å². The molecule has 0 saturated carbocycles. The Morgan fingerprint density at radius 2 is 2.21 bits per heavy atom. The highest BCUT2D eigenvalue weighted by atomic mass is 35.5. The fourth-order valence-corrected chi connectivity index (χ4v) is 1.21. The van der Waals surface area contributed by atoms with E-state index in [0.717, 1.165) is 0 Å². The molecule has 0 bridgehead atoms. The lowest BCUT2D eigenvalue weighted by molar-refractivity contribution is -0.147. The molecule has 0 heterocycles. The Morgan fingerprint density at radius 3 is 2.71 bits per heavy atom. The van der Waals surface area contributed by atoms with Crippen LogP contribution in [0, 0.1) is 0 Å². The van der Waals surface area contributed by atoms with Crippen LogP contribution in [0.1, 0.15) is 11.7 Å². The Bertz CT molecular complexity index is 351. The third-order valence-corrected chi connectivity index (χ3v) is 1.96. The molecule has 0 radical (unpaired) electrons. The van der Waals surface area contributed by atoms with Crippen LogP contribution in [-0.2, 0) is 4.79 Å². The number of hydrogen-bond donors (Lipinski definition) is 2. The van der Waals surface area contributed by atoms with E-state index in [0.29, 0.717) is 5.02 Å². The van der Waals surface area contributed by atoms with E-state index < -0.39 is 12.1 Å². The molecule has 1 rings (SSSR count). The topological polar surface area (TPSA) is 66.8 Å². The van der Waals surface area contributed by atoms with Crippen molar-refractivity contribution < 1.29 is 19.7 Å².